The summed E-state index contributed by atoms with van der Waals surface area (Å²) < 4.78 is 7.97. The van der Waals surface area contributed by atoms with Crippen LogP contribution in [0.5, 0.6) is 0 Å². The average molecular weight is 529 g/mol. The highest BCUT2D eigenvalue weighted by Crippen LogP contribution is 2.37. The van der Waals surface area contributed by atoms with E-state index in [-0.39, 0.29) is 12.2 Å². The first kappa shape index (κ1) is 23.1. The molecule has 0 saturated heterocycles. The molecule has 1 aliphatic heterocycles. The number of thioether (sulfide) groups is 1. The van der Waals surface area contributed by atoms with Crippen molar-refractivity contribution >= 4 is 45.6 Å². The van der Waals surface area contributed by atoms with Gasteiger partial charge in [-0.1, -0.05) is 52.0 Å². The lowest BCUT2D eigenvalue weighted by Gasteiger charge is -2.28. The summed E-state index contributed by atoms with van der Waals surface area (Å²) in [6.07, 6.45) is 0. The van der Waals surface area contributed by atoms with Gasteiger partial charge in [-0.3, -0.25) is 0 Å². The smallest absolute Gasteiger partial charge is 0.338 e. The van der Waals surface area contributed by atoms with Crippen LogP contribution >= 0.6 is 27.7 Å². The Balaban J connectivity index is 1.63. The number of rotatable bonds is 7. The van der Waals surface area contributed by atoms with Crippen LogP contribution in [0.25, 0.3) is 0 Å². The van der Waals surface area contributed by atoms with Gasteiger partial charge in [0.15, 0.2) is 0 Å². The number of nitrogens with one attached hydrogen (secondary N) is 1. The lowest BCUT2D eigenvalue weighted by atomic mass is 9.96. The number of benzene rings is 2. The molecule has 170 valence electrons. The van der Waals surface area contributed by atoms with E-state index in [9.17, 15) is 9.59 Å². The number of halogens is 1. The van der Waals surface area contributed by atoms with Gasteiger partial charge in [-0.25, -0.2) is 14.3 Å². The summed E-state index contributed by atoms with van der Waals surface area (Å²) in [7, 11) is 0. The van der Waals surface area contributed by atoms with Crippen molar-refractivity contribution in [3.8, 4) is 0 Å². The normalized spacial score (nSPS) is 15.1. The SMILES string of the molecule is CCOC(=O)C1=C(C)Nc2nc(SCc3ccc(C(=O)O)cc3)nn2[C@H]1c1ccc(Br)cc1. The molecule has 2 aromatic carbocycles. The standard InChI is InChI=1S/C23H21BrN4O4S/c1-3-32-21(31)18-13(2)25-22-26-23(33-12-14-4-6-16(7-5-14)20(29)30)27-28(22)19(18)15-8-10-17(24)11-9-15/h4-11,19H,3,12H2,1-2H3,(H,29,30)(H,25,26,27)/t19-/m0/s1. The average Bonchev–Trinajstić information content (AvgIpc) is 3.20. The third-order valence-corrected chi connectivity index (χ3v) is 6.52. The van der Waals surface area contributed by atoms with E-state index in [1.807, 2.05) is 31.2 Å². The molecular weight excluding hydrogens is 508 g/mol. The van der Waals surface area contributed by atoms with Crippen molar-refractivity contribution < 1.29 is 19.4 Å². The van der Waals surface area contributed by atoms with E-state index in [1.165, 1.54) is 11.8 Å². The van der Waals surface area contributed by atoms with Crippen LogP contribution < -0.4 is 5.32 Å². The fourth-order valence-corrected chi connectivity index (χ4v) is 4.56. The number of ether oxygens (including phenoxy) is 1. The molecule has 0 spiro atoms. The van der Waals surface area contributed by atoms with Gasteiger partial charge >= 0.3 is 11.9 Å². The summed E-state index contributed by atoms with van der Waals surface area (Å²) in [5, 5.41) is 17.5. The number of allylic oxidation sites excluding steroid dienone is 1. The van der Waals surface area contributed by atoms with Gasteiger partial charge in [0, 0.05) is 15.9 Å². The lowest BCUT2D eigenvalue weighted by Crippen LogP contribution is -2.29. The molecule has 0 unspecified atom stereocenters. The maximum Gasteiger partial charge on any atom is 0.338 e. The van der Waals surface area contributed by atoms with Crippen LogP contribution in [0.15, 0.2) is 69.4 Å². The zero-order chi connectivity index (χ0) is 23.5. The van der Waals surface area contributed by atoms with E-state index < -0.39 is 18.0 Å². The van der Waals surface area contributed by atoms with Crippen LogP contribution in [0.3, 0.4) is 0 Å². The van der Waals surface area contributed by atoms with E-state index in [1.54, 1.807) is 35.9 Å². The number of anilines is 1. The van der Waals surface area contributed by atoms with Crippen molar-refractivity contribution in [2.45, 2.75) is 30.8 Å². The number of nitrogens with zero attached hydrogens (tertiary/aromatic N) is 3. The minimum Gasteiger partial charge on any atom is -0.478 e. The number of fused-ring (bicyclic) bond motifs is 1. The van der Waals surface area contributed by atoms with Gasteiger partial charge in [0.2, 0.25) is 11.1 Å². The number of carboxylic acid groups (broad SMARTS) is 1. The molecule has 8 nitrogen and oxygen atoms in total. The zero-order valence-electron chi connectivity index (χ0n) is 17.9. The lowest BCUT2D eigenvalue weighted by molar-refractivity contribution is -0.139. The second-order valence-corrected chi connectivity index (χ2v) is 9.15. The van der Waals surface area contributed by atoms with Gasteiger partial charge in [-0.15, -0.1) is 5.10 Å². The van der Waals surface area contributed by atoms with Crippen molar-refractivity contribution in [2.75, 3.05) is 11.9 Å². The predicted octanol–water partition coefficient (Wildman–Crippen LogP) is 4.88. The van der Waals surface area contributed by atoms with E-state index in [0.29, 0.717) is 28.1 Å². The summed E-state index contributed by atoms with van der Waals surface area (Å²) in [6, 6.07) is 13.9. The van der Waals surface area contributed by atoms with Crippen LogP contribution in [0.1, 0.15) is 41.4 Å². The summed E-state index contributed by atoms with van der Waals surface area (Å²) in [5.74, 6) is -0.242. The topological polar surface area (TPSA) is 106 Å². The number of hydrogen-bond acceptors (Lipinski definition) is 7. The molecule has 1 aromatic heterocycles. The van der Waals surface area contributed by atoms with Gasteiger partial charge in [-0.2, -0.15) is 4.98 Å². The van der Waals surface area contributed by atoms with Gasteiger partial charge in [-0.05, 0) is 49.2 Å². The Morgan fingerprint density at radius 3 is 2.52 bits per heavy atom. The molecule has 3 aromatic rings. The molecule has 0 amide bonds. The van der Waals surface area contributed by atoms with Gasteiger partial charge in [0.25, 0.3) is 0 Å². The molecule has 0 saturated carbocycles. The zero-order valence-corrected chi connectivity index (χ0v) is 20.3. The maximum absolute atomic E-state index is 12.8. The Kier molecular flexibility index (Phi) is 6.85. The molecule has 0 aliphatic carbocycles. The summed E-state index contributed by atoms with van der Waals surface area (Å²) >= 11 is 4.88. The van der Waals surface area contributed by atoms with Crippen molar-refractivity contribution in [3.63, 3.8) is 0 Å². The molecule has 2 N–H and O–H groups in total. The number of carbonyl (C=O) groups is 2. The number of carbonyl (C=O) groups excluding carboxylic acids is 1. The fraction of sp³-hybridized carbons (Fsp3) is 0.217. The second-order valence-electron chi connectivity index (χ2n) is 7.29. The first-order chi connectivity index (χ1) is 15.9. The summed E-state index contributed by atoms with van der Waals surface area (Å²) in [4.78, 5) is 28.5. The molecule has 4 rings (SSSR count). The Labute approximate surface area is 203 Å². The fourth-order valence-electron chi connectivity index (χ4n) is 3.51. The molecule has 0 radical (unpaired) electrons. The number of carboxylic acids is 1. The molecule has 2 heterocycles. The van der Waals surface area contributed by atoms with Gasteiger partial charge < -0.3 is 15.2 Å². The van der Waals surface area contributed by atoms with E-state index in [2.05, 4.69) is 31.3 Å². The van der Waals surface area contributed by atoms with Crippen LogP contribution in [0.4, 0.5) is 5.95 Å². The number of aromatic nitrogens is 3. The molecule has 0 fully saturated rings. The van der Waals surface area contributed by atoms with Crippen molar-refractivity contribution in [2.24, 2.45) is 0 Å². The monoisotopic (exact) mass is 528 g/mol. The minimum absolute atomic E-state index is 0.244. The van der Waals surface area contributed by atoms with Crippen molar-refractivity contribution in [1.82, 2.24) is 14.8 Å². The Bertz CT molecular complexity index is 1220. The van der Waals surface area contributed by atoms with Crippen LogP contribution in [-0.2, 0) is 15.3 Å². The molecule has 1 aliphatic rings. The van der Waals surface area contributed by atoms with Gasteiger partial charge in [0.05, 0.1) is 17.7 Å². The molecule has 1 atom stereocenters. The van der Waals surface area contributed by atoms with Crippen LogP contribution in [0.2, 0.25) is 0 Å². The Morgan fingerprint density at radius 2 is 1.88 bits per heavy atom. The van der Waals surface area contributed by atoms with Crippen molar-refractivity contribution in [3.05, 3.63) is 81.0 Å². The number of esters is 1. The first-order valence-corrected chi connectivity index (χ1v) is 12.0. The molecule has 0 bridgehead atoms. The number of aromatic carboxylic acids is 1. The van der Waals surface area contributed by atoms with E-state index in [4.69, 9.17) is 9.84 Å². The second kappa shape index (κ2) is 9.80. The highest BCUT2D eigenvalue weighted by atomic mass is 79.9. The summed E-state index contributed by atoms with van der Waals surface area (Å²) in [5.41, 5.74) is 3.24. The number of hydrogen-bond donors (Lipinski definition) is 2. The van der Waals surface area contributed by atoms with Gasteiger partial charge in [0.1, 0.15) is 6.04 Å². The quantitative estimate of drug-likeness (QED) is 0.330. The van der Waals surface area contributed by atoms with Crippen molar-refractivity contribution in [1.29, 1.82) is 0 Å². The van der Waals surface area contributed by atoms with Crippen LogP contribution in [-0.4, -0.2) is 38.4 Å². The third kappa shape index (κ3) is 4.96. The van der Waals surface area contributed by atoms with E-state index in [0.717, 1.165) is 15.6 Å². The largest absolute Gasteiger partial charge is 0.478 e. The minimum atomic E-state index is -0.956. The highest BCUT2D eigenvalue weighted by Gasteiger charge is 2.35. The van der Waals surface area contributed by atoms with Crippen LogP contribution in [0, 0.1) is 0 Å². The first-order valence-electron chi connectivity index (χ1n) is 10.2. The molecular formula is C23H21BrN4O4S. The predicted molar refractivity (Wildman–Crippen MR) is 128 cm³/mol. The maximum atomic E-state index is 12.8. The molecule has 10 heteroatoms. The Hall–Kier alpha value is -3.11. The van der Waals surface area contributed by atoms with E-state index >= 15 is 0 Å². The molecule has 33 heavy (non-hydrogen) atoms. The summed E-state index contributed by atoms with van der Waals surface area (Å²) in [6.45, 7) is 3.87. The third-order valence-electron chi connectivity index (χ3n) is 5.08. The highest BCUT2D eigenvalue weighted by molar-refractivity contribution is 9.10. The Morgan fingerprint density at radius 1 is 1.18 bits per heavy atom.